The highest BCUT2D eigenvalue weighted by Gasteiger charge is 2.22. The van der Waals surface area contributed by atoms with Gasteiger partial charge in [0.2, 0.25) is 0 Å². The van der Waals surface area contributed by atoms with Gasteiger partial charge in [-0.25, -0.2) is 4.98 Å². The molecule has 134 valence electrons. The number of pyridine rings is 1. The Morgan fingerprint density at radius 1 is 1.19 bits per heavy atom. The number of nitrogens with one attached hydrogen (secondary N) is 1. The van der Waals surface area contributed by atoms with Gasteiger partial charge in [0.1, 0.15) is 5.65 Å². The highest BCUT2D eigenvalue weighted by atomic mass is 16.1. The zero-order valence-corrected chi connectivity index (χ0v) is 14.8. The highest BCUT2D eigenvalue weighted by molar-refractivity contribution is 5.94. The number of amides is 1. The number of carbonyl (C=O) groups excluding carboxylic acids is 1. The van der Waals surface area contributed by atoms with E-state index in [1.165, 1.54) is 5.56 Å². The third kappa shape index (κ3) is 3.94. The van der Waals surface area contributed by atoms with E-state index in [0.29, 0.717) is 11.5 Å². The van der Waals surface area contributed by atoms with Crippen molar-refractivity contribution >= 4 is 11.6 Å². The number of hydrogen-bond acceptors (Lipinski definition) is 3. The van der Waals surface area contributed by atoms with Crippen LogP contribution in [0.1, 0.15) is 22.3 Å². The summed E-state index contributed by atoms with van der Waals surface area (Å²) < 4.78 is 1.87. The van der Waals surface area contributed by atoms with Gasteiger partial charge in [0.05, 0.1) is 5.56 Å². The third-order valence-corrected chi connectivity index (χ3v) is 5.13. The molecule has 0 saturated carbocycles. The predicted molar refractivity (Wildman–Crippen MR) is 102 cm³/mol. The molecule has 2 aromatic heterocycles. The maximum Gasteiger partial charge on any atom is 0.252 e. The quantitative estimate of drug-likeness (QED) is 0.745. The molecular weight excluding hydrogens is 324 g/mol. The molecule has 0 bridgehead atoms. The fourth-order valence-electron chi connectivity index (χ4n) is 3.61. The molecule has 3 aromatic rings. The van der Waals surface area contributed by atoms with Gasteiger partial charge in [-0.15, -0.1) is 0 Å². The number of carbonyl (C=O) groups is 1. The van der Waals surface area contributed by atoms with Gasteiger partial charge < -0.3 is 14.6 Å². The first kappa shape index (κ1) is 16.8. The normalized spacial score (nSPS) is 17.6. The first-order valence-corrected chi connectivity index (χ1v) is 9.25. The molecule has 1 amide bonds. The summed E-state index contributed by atoms with van der Waals surface area (Å²) in [5, 5.41) is 3.09. The Hall–Kier alpha value is -2.66. The molecule has 3 heterocycles. The van der Waals surface area contributed by atoms with Crippen molar-refractivity contribution in [2.24, 2.45) is 5.92 Å². The molecule has 0 aliphatic carbocycles. The number of imidazole rings is 1. The number of hydrogen-bond donors (Lipinski definition) is 1. The van der Waals surface area contributed by atoms with Crippen LogP contribution >= 0.6 is 0 Å². The maximum absolute atomic E-state index is 12.4. The summed E-state index contributed by atoms with van der Waals surface area (Å²) in [5.41, 5.74) is 2.92. The van der Waals surface area contributed by atoms with Crippen LogP contribution in [0.4, 0.5) is 0 Å². The van der Waals surface area contributed by atoms with Gasteiger partial charge in [-0.1, -0.05) is 30.3 Å². The van der Waals surface area contributed by atoms with Gasteiger partial charge in [0.15, 0.2) is 0 Å². The second-order valence-electron chi connectivity index (χ2n) is 7.01. The van der Waals surface area contributed by atoms with Crippen LogP contribution in [0.5, 0.6) is 0 Å². The van der Waals surface area contributed by atoms with Gasteiger partial charge >= 0.3 is 0 Å². The summed E-state index contributed by atoms with van der Waals surface area (Å²) >= 11 is 0. The number of rotatable bonds is 6. The first-order valence-electron chi connectivity index (χ1n) is 9.25. The highest BCUT2D eigenvalue weighted by Crippen LogP contribution is 2.16. The fraction of sp³-hybridized carbons (Fsp3) is 0.333. The Kier molecular flexibility index (Phi) is 4.97. The standard InChI is InChI=1S/C21H24N4O/c26-21(19-6-7-20-22-10-13-25(20)16-19)23-14-18-9-12-24(15-18)11-8-17-4-2-1-3-5-17/h1-7,10,13,16,18H,8-9,11-12,14-15H2,(H,23,26)/t18-/m1/s1. The molecule has 1 aromatic carbocycles. The van der Waals surface area contributed by atoms with Crippen LogP contribution in [0.25, 0.3) is 5.65 Å². The molecular formula is C21H24N4O. The van der Waals surface area contributed by atoms with Crippen LogP contribution in [0.15, 0.2) is 61.1 Å². The SMILES string of the molecule is O=C(NC[C@H]1CCN(CCc2ccccc2)C1)c1ccc2nccn2c1. The Morgan fingerprint density at radius 3 is 2.96 bits per heavy atom. The molecule has 1 aliphatic rings. The summed E-state index contributed by atoms with van der Waals surface area (Å²) in [6, 6.07) is 14.3. The summed E-state index contributed by atoms with van der Waals surface area (Å²) in [6.45, 7) is 4.01. The zero-order chi connectivity index (χ0) is 17.8. The van der Waals surface area contributed by atoms with Crippen molar-refractivity contribution < 1.29 is 4.79 Å². The molecule has 1 aliphatic heterocycles. The molecule has 5 nitrogen and oxygen atoms in total. The van der Waals surface area contributed by atoms with Crippen LogP contribution in [-0.4, -0.2) is 46.4 Å². The molecule has 1 atom stereocenters. The average molecular weight is 348 g/mol. The van der Waals surface area contributed by atoms with Crippen LogP contribution in [0.2, 0.25) is 0 Å². The lowest BCUT2D eigenvalue weighted by Gasteiger charge is -2.16. The number of likely N-dealkylation sites (tertiary alicyclic amines) is 1. The summed E-state index contributed by atoms with van der Waals surface area (Å²) in [5.74, 6) is 0.523. The van der Waals surface area contributed by atoms with Crippen LogP contribution < -0.4 is 5.32 Å². The van der Waals surface area contributed by atoms with E-state index in [9.17, 15) is 4.79 Å². The lowest BCUT2D eigenvalue weighted by molar-refractivity contribution is 0.0947. The number of benzene rings is 1. The van der Waals surface area contributed by atoms with Crippen LogP contribution in [0, 0.1) is 5.92 Å². The topological polar surface area (TPSA) is 49.6 Å². The fourth-order valence-corrected chi connectivity index (χ4v) is 3.61. The van der Waals surface area contributed by atoms with Gasteiger partial charge in [-0.2, -0.15) is 0 Å². The smallest absolute Gasteiger partial charge is 0.252 e. The lowest BCUT2D eigenvalue weighted by Crippen LogP contribution is -2.31. The van der Waals surface area contributed by atoms with E-state index in [4.69, 9.17) is 0 Å². The molecule has 1 saturated heterocycles. The van der Waals surface area contributed by atoms with Gasteiger partial charge in [0.25, 0.3) is 5.91 Å². The van der Waals surface area contributed by atoms with E-state index in [1.54, 1.807) is 6.20 Å². The monoisotopic (exact) mass is 348 g/mol. The third-order valence-electron chi connectivity index (χ3n) is 5.13. The van der Waals surface area contributed by atoms with E-state index in [1.807, 2.05) is 28.9 Å². The van der Waals surface area contributed by atoms with Gasteiger partial charge in [0, 0.05) is 38.2 Å². The largest absolute Gasteiger partial charge is 0.352 e. The number of nitrogens with zero attached hydrogens (tertiary/aromatic N) is 3. The minimum absolute atomic E-state index is 0.0108. The molecule has 0 unspecified atom stereocenters. The van der Waals surface area contributed by atoms with Gasteiger partial charge in [-0.3, -0.25) is 4.79 Å². The molecule has 0 radical (unpaired) electrons. The Balaban J connectivity index is 1.24. The van der Waals surface area contributed by atoms with E-state index in [2.05, 4.69) is 45.5 Å². The zero-order valence-electron chi connectivity index (χ0n) is 14.8. The Morgan fingerprint density at radius 2 is 2.08 bits per heavy atom. The van der Waals surface area contributed by atoms with Crippen molar-refractivity contribution in [3.8, 4) is 0 Å². The maximum atomic E-state index is 12.4. The van der Waals surface area contributed by atoms with Crippen molar-refractivity contribution in [3.63, 3.8) is 0 Å². The summed E-state index contributed by atoms with van der Waals surface area (Å²) in [4.78, 5) is 19.1. The Bertz CT molecular complexity index is 874. The van der Waals surface area contributed by atoms with E-state index in [0.717, 1.165) is 44.7 Å². The molecule has 0 spiro atoms. The van der Waals surface area contributed by atoms with E-state index >= 15 is 0 Å². The minimum Gasteiger partial charge on any atom is -0.352 e. The number of fused-ring (bicyclic) bond motifs is 1. The summed E-state index contributed by atoms with van der Waals surface area (Å²) in [7, 11) is 0. The van der Waals surface area contributed by atoms with Crippen LogP contribution in [-0.2, 0) is 6.42 Å². The summed E-state index contributed by atoms with van der Waals surface area (Å²) in [6.07, 6.45) is 7.66. The second-order valence-corrected chi connectivity index (χ2v) is 7.01. The van der Waals surface area contributed by atoms with Crippen molar-refractivity contribution in [2.45, 2.75) is 12.8 Å². The lowest BCUT2D eigenvalue weighted by atomic mass is 10.1. The predicted octanol–water partition coefficient (Wildman–Crippen LogP) is 2.63. The van der Waals surface area contributed by atoms with Crippen molar-refractivity contribution in [3.05, 3.63) is 72.2 Å². The van der Waals surface area contributed by atoms with Gasteiger partial charge in [-0.05, 0) is 43.0 Å². The van der Waals surface area contributed by atoms with E-state index < -0.39 is 0 Å². The molecule has 26 heavy (non-hydrogen) atoms. The molecule has 5 heteroatoms. The minimum atomic E-state index is -0.0108. The first-order chi connectivity index (χ1) is 12.8. The second kappa shape index (κ2) is 7.70. The number of aromatic nitrogens is 2. The van der Waals surface area contributed by atoms with Crippen molar-refractivity contribution in [1.29, 1.82) is 0 Å². The van der Waals surface area contributed by atoms with Crippen molar-refractivity contribution in [1.82, 2.24) is 19.6 Å². The molecule has 1 N–H and O–H groups in total. The Labute approximate surface area is 153 Å². The van der Waals surface area contributed by atoms with Crippen LogP contribution in [0.3, 0.4) is 0 Å². The molecule has 4 rings (SSSR count). The van der Waals surface area contributed by atoms with Crippen molar-refractivity contribution in [2.75, 3.05) is 26.2 Å². The van der Waals surface area contributed by atoms with E-state index in [-0.39, 0.29) is 5.91 Å². The molecule has 1 fully saturated rings. The average Bonchev–Trinajstić information content (AvgIpc) is 3.33.